The van der Waals surface area contributed by atoms with Crippen LogP contribution in [0, 0.1) is 0 Å². The van der Waals surface area contributed by atoms with Gasteiger partial charge in [-0.3, -0.25) is 4.99 Å². The summed E-state index contributed by atoms with van der Waals surface area (Å²) >= 11 is 0. The Bertz CT molecular complexity index is 723. The number of para-hydroxylation sites is 1. The molecule has 2 aliphatic heterocycles. The van der Waals surface area contributed by atoms with Crippen LogP contribution in [0.5, 0.6) is 11.5 Å². The second-order valence-electron chi connectivity index (χ2n) is 6.07. The van der Waals surface area contributed by atoms with E-state index in [2.05, 4.69) is 32.7 Å². The molecule has 0 radical (unpaired) electrons. The molecule has 1 fully saturated rings. The molecule has 124 valence electrons. The molecule has 1 saturated heterocycles. The van der Waals surface area contributed by atoms with E-state index in [1.165, 1.54) is 18.5 Å². The fourth-order valence-corrected chi connectivity index (χ4v) is 3.10. The second kappa shape index (κ2) is 6.83. The third-order valence-corrected chi connectivity index (χ3v) is 4.33. The first-order valence-corrected chi connectivity index (χ1v) is 8.56. The van der Waals surface area contributed by atoms with Gasteiger partial charge in [-0.2, -0.15) is 0 Å². The van der Waals surface area contributed by atoms with Crippen molar-refractivity contribution in [3.63, 3.8) is 0 Å². The molecule has 2 aromatic rings. The molecule has 0 bridgehead atoms. The van der Waals surface area contributed by atoms with E-state index >= 15 is 0 Å². The summed E-state index contributed by atoms with van der Waals surface area (Å²) in [5.41, 5.74) is 2.17. The first-order chi connectivity index (χ1) is 11.9. The van der Waals surface area contributed by atoms with Crippen molar-refractivity contribution >= 4 is 17.3 Å². The Morgan fingerprint density at radius 2 is 1.88 bits per heavy atom. The van der Waals surface area contributed by atoms with Crippen molar-refractivity contribution in [2.24, 2.45) is 4.99 Å². The Labute approximate surface area is 142 Å². The van der Waals surface area contributed by atoms with Crippen LogP contribution in [0.3, 0.4) is 0 Å². The van der Waals surface area contributed by atoms with Gasteiger partial charge in [-0.25, -0.2) is 0 Å². The zero-order valence-electron chi connectivity index (χ0n) is 13.7. The van der Waals surface area contributed by atoms with E-state index in [4.69, 9.17) is 4.74 Å². The van der Waals surface area contributed by atoms with Crippen LogP contribution in [0.25, 0.3) is 0 Å². The van der Waals surface area contributed by atoms with E-state index in [1.54, 1.807) is 0 Å². The van der Waals surface area contributed by atoms with Crippen molar-refractivity contribution in [1.82, 2.24) is 5.32 Å². The molecule has 2 heterocycles. The number of ether oxygens (including phenoxy) is 1. The molecular weight excluding hydrogens is 300 g/mol. The average molecular weight is 322 g/mol. The van der Waals surface area contributed by atoms with Crippen LogP contribution < -0.4 is 20.3 Å². The van der Waals surface area contributed by atoms with Gasteiger partial charge in [0.25, 0.3) is 0 Å². The lowest BCUT2D eigenvalue weighted by molar-refractivity contribution is 0.485. The van der Waals surface area contributed by atoms with Crippen LogP contribution in [0.15, 0.2) is 53.5 Å². The number of rotatable bonds is 4. The second-order valence-corrected chi connectivity index (χ2v) is 6.07. The number of hydrogen-bond acceptors (Lipinski definition) is 5. The molecule has 5 nitrogen and oxygen atoms in total. The van der Waals surface area contributed by atoms with Crippen LogP contribution in [-0.2, 0) is 0 Å². The zero-order valence-corrected chi connectivity index (χ0v) is 13.7. The lowest BCUT2D eigenvalue weighted by Gasteiger charge is -2.21. The topological polar surface area (TPSA) is 48.9 Å². The van der Waals surface area contributed by atoms with Gasteiger partial charge in [-0.1, -0.05) is 18.2 Å². The van der Waals surface area contributed by atoms with E-state index in [9.17, 15) is 0 Å². The molecular formula is C19H22N4O. The van der Waals surface area contributed by atoms with Crippen molar-refractivity contribution in [2.75, 3.05) is 36.4 Å². The third kappa shape index (κ3) is 3.30. The summed E-state index contributed by atoms with van der Waals surface area (Å²) in [7, 11) is 0. The number of anilines is 2. The van der Waals surface area contributed by atoms with Crippen LogP contribution in [-0.4, -0.2) is 32.1 Å². The fraction of sp³-hybridized carbons (Fsp3) is 0.316. The summed E-state index contributed by atoms with van der Waals surface area (Å²) in [4.78, 5) is 6.85. The molecule has 0 unspecified atom stereocenters. The summed E-state index contributed by atoms with van der Waals surface area (Å²) in [6, 6.07) is 16.2. The molecule has 5 heteroatoms. The zero-order chi connectivity index (χ0) is 16.2. The van der Waals surface area contributed by atoms with Crippen LogP contribution >= 0.6 is 0 Å². The number of hydrogen-bond donors (Lipinski definition) is 2. The summed E-state index contributed by atoms with van der Waals surface area (Å²) in [6.07, 6.45) is 2.53. The monoisotopic (exact) mass is 322 g/mol. The predicted molar refractivity (Wildman–Crippen MR) is 98.3 cm³/mol. The van der Waals surface area contributed by atoms with Gasteiger partial charge in [0.15, 0.2) is 11.7 Å². The smallest absolute Gasteiger partial charge is 0.196 e. The average Bonchev–Trinajstić information content (AvgIpc) is 3.31. The number of nitrogens with one attached hydrogen (secondary N) is 2. The van der Waals surface area contributed by atoms with Gasteiger partial charge in [0.05, 0.1) is 12.2 Å². The lowest BCUT2D eigenvalue weighted by Crippen LogP contribution is -2.26. The number of guanidine groups is 1. The number of nitrogens with zero attached hydrogens (tertiary/aromatic N) is 2. The van der Waals surface area contributed by atoms with Crippen LogP contribution in [0.4, 0.5) is 11.4 Å². The largest absolute Gasteiger partial charge is 0.455 e. The minimum absolute atomic E-state index is 0.806. The minimum Gasteiger partial charge on any atom is -0.455 e. The van der Waals surface area contributed by atoms with Crippen LogP contribution in [0.1, 0.15) is 12.8 Å². The molecule has 4 rings (SSSR count). The quantitative estimate of drug-likeness (QED) is 0.905. The standard InChI is InChI=1S/C19H22N4O/c1-2-6-16(7-3-1)24-18-9-8-15(23-12-4-5-13-23)14-17(18)22-19-20-10-11-21-19/h1-3,6-9,14H,4-5,10-13H2,(H2,20,21,22). The molecule has 0 amide bonds. The SMILES string of the molecule is c1ccc(Oc2ccc(N3CCCC3)cc2NC2=NCCN2)cc1. The summed E-state index contributed by atoms with van der Waals surface area (Å²) < 4.78 is 6.07. The summed E-state index contributed by atoms with van der Waals surface area (Å²) in [5.74, 6) is 2.45. The Morgan fingerprint density at radius 3 is 2.62 bits per heavy atom. The number of benzene rings is 2. The number of aliphatic imine (C=N–C) groups is 1. The van der Waals surface area contributed by atoms with E-state index in [1.807, 2.05) is 36.4 Å². The van der Waals surface area contributed by atoms with E-state index in [0.29, 0.717) is 0 Å². The fourth-order valence-electron chi connectivity index (χ4n) is 3.10. The van der Waals surface area contributed by atoms with Crippen molar-refractivity contribution in [1.29, 1.82) is 0 Å². The van der Waals surface area contributed by atoms with Gasteiger partial charge in [0.2, 0.25) is 0 Å². The maximum atomic E-state index is 6.07. The first-order valence-electron chi connectivity index (χ1n) is 8.56. The van der Waals surface area contributed by atoms with E-state index in [-0.39, 0.29) is 0 Å². The molecule has 24 heavy (non-hydrogen) atoms. The maximum absolute atomic E-state index is 6.07. The predicted octanol–water partition coefficient (Wildman–Crippen LogP) is 3.45. The van der Waals surface area contributed by atoms with Gasteiger partial charge in [0, 0.05) is 25.3 Å². The highest BCUT2D eigenvalue weighted by Gasteiger charge is 2.16. The van der Waals surface area contributed by atoms with Crippen molar-refractivity contribution in [3.8, 4) is 11.5 Å². The highest BCUT2D eigenvalue weighted by molar-refractivity contribution is 5.96. The molecule has 0 spiro atoms. The first kappa shape index (κ1) is 14.9. The Morgan fingerprint density at radius 1 is 1.04 bits per heavy atom. The van der Waals surface area contributed by atoms with Crippen molar-refractivity contribution < 1.29 is 4.74 Å². The maximum Gasteiger partial charge on any atom is 0.196 e. The Hall–Kier alpha value is -2.69. The summed E-state index contributed by atoms with van der Waals surface area (Å²) in [6.45, 7) is 3.93. The highest BCUT2D eigenvalue weighted by Crippen LogP contribution is 2.34. The molecule has 0 atom stereocenters. The molecule has 0 aromatic heterocycles. The molecule has 2 aliphatic rings. The lowest BCUT2D eigenvalue weighted by atomic mass is 10.2. The van der Waals surface area contributed by atoms with Gasteiger partial charge in [0.1, 0.15) is 5.75 Å². The van der Waals surface area contributed by atoms with Gasteiger partial charge < -0.3 is 20.3 Å². The van der Waals surface area contributed by atoms with Gasteiger partial charge in [-0.05, 0) is 43.2 Å². The summed E-state index contributed by atoms with van der Waals surface area (Å²) in [5, 5.41) is 6.64. The molecule has 0 saturated carbocycles. The van der Waals surface area contributed by atoms with Crippen LogP contribution in [0.2, 0.25) is 0 Å². The molecule has 2 N–H and O–H groups in total. The molecule has 0 aliphatic carbocycles. The van der Waals surface area contributed by atoms with Gasteiger partial charge >= 0.3 is 0 Å². The highest BCUT2D eigenvalue weighted by atomic mass is 16.5. The van der Waals surface area contributed by atoms with E-state index in [0.717, 1.165) is 49.3 Å². The Balaban J connectivity index is 1.63. The van der Waals surface area contributed by atoms with Crippen molar-refractivity contribution in [2.45, 2.75) is 12.8 Å². The minimum atomic E-state index is 0.806. The third-order valence-electron chi connectivity index (χ3n) is 4.33. The normalized spacial score (nSPS) is 16.7. The van der Waals surface area contributed by atoms with Gasteiger partial charge in [-0.15, -0.1) is 0 Å². The molecule has 2 aromatic carbocycles. The van der Waals surface area contributed by atoms with Crippen molar-refractivity contribution in [3.05, 3.63) is 48.5 Å². The van der Waals surface area contributed by atoms with E-state index < -0.39 is 0 Å². The Kier molecular flexibility index (Phi) is 4.23.